The summed E-state index contributed by atoms with van der Waals surface area (Å²) in [5, 5.41) is 12.8. The van der Waals surface area contributed by atoms with Crippen molar-refractivity contribution < 1.29 is 0 Å². The van der Waals surface area contributed by atoms with E-state index < -0.39 is 0 Å². The molecule has 2 aliphatic rings. The second kappa shape index (κ2) is 11.1. The summed E-state index contributed by atoms with van der Waals surface area (Å²) in [6.45, 7) is 0. The number of hydrogen-bond donors (Lipinski definition) is 0. The van der Waals surface area contributed by atoms with Crippen LogP contribution >= 0.6 is 0 Å². The third kappa shape index (κ3) is 3.86. The van der Waals surface area contributed by atoms with Crippen molar-refractivity contribution >= 4 is 53.9 Å². The van der Waals surface area contributed by atoms with Crippen LogP contribution in [0.2, 0.25) is 0 Å². The fourth-order valence-corrected chi connectivity index (χ4v) is 10.4. The average molecular weight is 706 g/mol. The summed E-state index contributed by atoms with van der Waals surface area (Å²) in [7, 11) is 0. The molecule has 0 fully saturated rings. The fourth-order valence-electron chi connectivity index (χ4n) is 10.4. The molecule has 1 aromatic heterocycles. The molecular formula is C55H31N. The van der Waals surface area contributed by atoms with Gasteiger partial charge in [0.1, 0.15) is 0 Å². The van der Waals surface area contributed by atoms with Crippen LogP contribution in [0, 0.1) is 0 Å². The standard InChI is InChI=1S/C55H31N/c1-3-13-32(14-4-1)50-42-27-28-56-31-49(42)51(33-15-5-2-6-16-33)55-44-26-25-38(40-22-12-24-43(53(40)44)54(50)55)45-29-47-41-23-11-21-39-34-17-7-10-20-37(34)48(52(39)41)30-46(47)36-19-9-8-18-35(36)45/h1-31H. The smallest absolute Gasteiger partial charge is 0.0353 e. The number of hydrogen-bond acceptors (Lipinski definition) is 1. The van der Waals surface area contributed by atoms with Crippen LogP contribution in [-0.2, 0) is 0 Å². The molecular weight excluding hydrogens is 675 g/mol. The van der Waals surface area contributed by atoms with Gasteiger partial charge in [0.05, 0.1) is 0 Å². The zero-order valence-corrected chi connectivity index (χ0v) is 30.3. The second-order valence-corrected chi connectivity index (χ2v) is 15.3. The lowest BCUT2D eigenvalue weighted by molar-refractivity contribution is 1.36. The van der Waals surface area contributed by atoms with E-state index in [0.29, 0.717) is 0 Å². The number of fused-ring (bicyclic) bond motifs is 11. The van der Waals surface area contributed by atoms with Gasteiger partial charge in [-0.05, 0) is 145 Å². The Labute approximate surface area is 323 Å². The van der Waals surface area contributed by atoms with E-state index >= 15 is 0 Å². The van der Waals surface area contributed by atoms with Gasteiger partial charge in [0.25, 0.3) is 0 Å². The molecule has 0 amide bonds. The zero-order valence-electron chi connectivity index (χ0n) is 30.3. The first-order chi connectivity index (χ1) is 27.8. The average Bonchev–Trinajstić information content (AvgIpc) is 3.77. The van der Waals surface area contributed by atoms with Crippen molar-refractivity contribution in [2.24, 2.45) is 0 Å². The topological polar surface area (TPSA) is 12.9 Å². The monoisotopic (exact) mass is 705 g/mol. The lowest BCUT2D eigenvalue weighted by Gasteiger charge is -2.20. The molecule has 0 unspecified atom stereocenters. The van der Waals surface area contributed by atoms with Gasteiger partial charge in [-0.3, -0.25) is 4.98 Å². The summed E-state index contributed by atoms with van der Waals surface area (Å²) in [5.74, 6) is 0. The molecule has 11 aromatic rings. The molecule has 1 heterocycles. The van der Waals surface area contributed by atoms with E-state index in [1.165, 1.54) is 132 Å². The van der Waals surface area contributed by atoms with E-state index in [2.05, 4.69) is 182 Å². The summed E-state index contributed by atoms with van der Waals surface area (Å²) >= 11 is 0. The van der Waals surface area contributed by atoms with Crippen molar-refractivity contribution in [3.8, 4) is 77.9 Å². The Morgan fingerprint density at radius 3 is 1.54 bits per heavy atom. The highest BCUT2D eigenvalue weighted by Gasteiger charge is 2.32. The molecule has 10 aromatic carbocycles. The largest absolute Gasteiger partial charge is 0.264 e. The van der Waals surface area contributed by atoms with E-state index in [-0.39, 0.29) is 0 Å². The minimum absolute atomic E-state index is 1.17. The summed E-state index contributed by atoms with van der Waals surface area (Å²) in [6, 6.07) is 65.5. The van der Waals surface area contributed by atoms with E-state index in [1.54, 1.807) is 0 Å². The van der Waals surface area contributed by atoms with Crippen LogP contribution in [-0.4, -0.2) is 4.98 Å². The molecule has 0 bridgehead atoms. The molecule has 2 aliphatic carbocycles. The van der Waals surface area contributed by atoms with Gasteiger partial charge in [-0.15, -0.1) is 0 Å². The van der Waals surface area contributed by atoms with Crippen LogP contribution in [0.25, 0.3) is 132 Å². The van der Waals surface area contributed by atoms with Crippen LogP contribution in [0.4, 0.5) is 0 Å². The summed E-state index contributed by atoms with van der Waals surface area (Å²) in [6.07, 6.45) is 4.01. The lowest BCUT2D eigenvalue weighted by Crippen LogP contribution is -1.94. The Kier molecular flexibility index (Phi) is 5.95. The molecule has 1 heteroatoms. The van der Waals surface area contributed by atoms with Gasteiger partial charge in [0.2, 0.25) is 0 Å². The lowest BCUT2D eigenvalue weighted by atomic mass is 9.83. The third-order valence-corrected chi connectivity index (χ3v) is 12.6. The maximum atomic E-state index is 4.71. The highest BCUT2D eigenvalue weighted by atomic mass is 14.6. The van der Waals surface area contributed by atoms with Crippen LogP contribution in [0.5, 0.6) is 0 Å². The highest BCUT2D eigenvalue weighted by Crippen LogP contribution is 2.59. The van der Waals surface area contributed by atoms with Crippen LogP contribution in [0.1, 0.15) is 0 Å². The molecule has 256 valence electrons. The van der Waals surface area contributed by atoms with E-state index in [4.69, 9.17) is 4.98 Å². The number of pyridine rings is 1. The van der Waals surface area contributed by atoms with Crippen molar-refractivity contribution in [3.05, 3.63) is 188 Å². The molecule has 0 atom stereocenters. The minimum atomic E-state index is 1.17. The number of aromatic nitrogens is 1. The first kappa shape index (κ1) is 30.0. The summed E-state index contributed by atoms with van der Waals surface area (Å²) in [5.41, 5.74) is 18.0. The SMILES string of the molecule is c1ccc(-c2c3c(c(-c4ccccc4)c4cnccc24)-c2ccc(-c4cc5c6cccc7c6c(cc5c5ccccc45)-c4ccccc4-7)c4cccc-3c24)cc1. The van der Waals surface area contributed by atoms with Crippen LogP contribution < -0.4 is 0 Å². The Hall–Kier alpha value is -7.35. The Balaban J connectivity index is 1.15. The Morgan fingerprint density at radius 1 is 0.250 bits per heavy atom. The van der Waals surface area contributed by atoms with Gasteiger partial charge in [-0.1, -0.05) is 158 Å². The maximum Gasteiger partial charge on any atom is 0.0353 e. The minimum Gasteiger partial charge on any atom is -0.264 e. The molecule has 0 spiro atoms. The van der Waals surface area contributed by atoms with Crippen molar-refractivity contribution in [3.63, 3.8) is 0 Å². The van der Waals surface area contributed by atoms with Crippen LogP contribution in [0.3, 0.4) is 0 Å². The normalized spacial score (nSPS) is 12.3. The van der Waals surface area contributed by atoms with Crippen molar-refractivity contribution in [1.82, 2.24) is 4.98 Å². The molecule has 0 saturated carbocycles. The molecule has 0 N–H and O–H groups in total. The predicted octanol–water partition coefficient (Wildman–Crippen LogP) is 15.1. The number of benzene rings is 10. The predicted molar refractivity (Wildman–Crippen MR) is 237 cm³/mol. The summed E-state index contributed by atoms with van der Waals surface area (Å²) < 4.78 is 0. The van der Waals surface area contributed by atoms with Gasteiger partial charge >= 0.3 is 0 Å². The zero-order chi connectivity index (χ0) is 36.5. The fraction of sp³-hybridized carbons (Fsp3) is 0. The quantitative estimate of drug-likeness (QED) is 0.167. The van der Waals surface area contributed by atoms with Gasteiger partial charge in [0.15, 0.2) is 0 Å². The molecule has 56 heavy (non-hydrogen) atoms. The molecule has 13 rings (SSSR count). The number of nitrogens with zero attached hydrogens (tertiary/aromatic N) is 1. The summed E-state index contributed by atoms with van der Waals surface area (Å²) in [4.78, 5) is 4.71. The van der Waals surface area contributed by atoms with E-state index in [9.17, 15) is 0 Å². The molecule has 0 aliphatic heterocycles. The molecule has 0 radical (unpaired) electrons. The first-order valence-electron chi connectivity index (χ1n) is 19.5. The molecule has 1 nitrogen and oxygen atoms in total. The van der Waals surface area contributed by atoms with Crippen molar-refractivity contribution in [1.29, 1.82) is 0 Å². The van der Waals surface area contributed by atoms with E-state index in [0.717, 1.165) is 0 Å². The Bertz CT molecular complexity index is 3410. The van der Waals surface area contributed by atoms with Gasteiger partial charge < -0.3 is 0 Å². The second-order valence-electron chi connectivity index (χ2n) is 15.3. The van der Waals surface area contributed by atoms with E-state index in [1.807, 2.05) is 6.20 Å². The maximum absolute atomic E-state index is 4.71. The first-order valence-corrected chi connectivity index (χ1v) is 19.5. The highest BCUT2D eigenvalue weighted by molar-refractivity contribution is 6.32. The van der Waals surface area contributed by atoms with Crippen molar-refractivity contribution in [2.45, 2.75) is 0 Å². The Morgan fingerprint density at radius 2 is 0.768 bits per heavy atom. The third-order valence-electron chi connectivity index (χ3n) is 12.6. The molecule has 0 saturated heterocycles. The van der Waals surface area contributed by atoms with Crippen LogP contribution in [0.15, 0.2) is 188 Å². The van der Waals surface area contributed by atoms with Gasteiger partial charge in [-0.2, -0.15) is 0 Å². The van der Waals surface area contributed by atoms with Gasteiger partial charge in [-0.25, -0.2) is 0 Å². The van der Waals surface area contributed by atoms with Crippen molar-refractivity contribution in [2.75, 3.05) is 0 Å². The van der Waals surface area contributed by atoms with Gasteiger partial charge in [0, 0.05) is 17.8 Å². The number of rotatable bonds is 3.